The number of likely N-dealkylation sites (tertiary alicyclic amines) is 1. The fraction of sp³-hybridized carbons (Fsp3) is 0.654. The summed E-state index contributed by atoms with van der Waals surface area (Å²) in [4.78, 5) is 35.9. The third kappa shape index (κ3) is 4.06. The van der Waals surface area contributed by atoms with Gasteiger partial charge in [-0.2, -0.15) is 0 Å². The minimum atomic E-state index is -0.534. The number of hydrogen-bond donors (Lipinski definition) is 2. The van der Waals surface area contributed by atoms with Crippen LogP contribution in [0.5, 0.6) is 0 Å². The lowest BCUT2D eigenvalue weighted by Crippen LogP contribution is -2.53. The summed E-state index contributed by atoms with van der Waals surface area (Å²) >= 11 is 0. The summed E-state index contributed by atoms with van der Waals surface area (Å²) in [6.07, 6.45) is 3.07. The largest absolute Gasteiger partial charge is 0.494 e. The number of rotatable bonds is 5. The number of hydrogen-bond acceptors (Lipinski definition) is 5. The second-order valence-electron chi connectivity index (χ2n) is 11.8. The number of carbonyl (C=O) groups excluding carboxylic acids is 2. The molecule has 0 spiro atoms. The predicted octanol–water partition coefficient (Wildman–Crippen LogP) is 3.07. The maximum absolute atomic E-state index is 13.7. The smallest absolute Gasteiger partial charge is 0.399 e. The SMILES string of the molecule is CC(=O)NC(C(=O)N1C2CCC(C2)C1c1nc2ccc(B3OC(C)(C)C(C)(C)O3)cc2[nH]1)C(C)C. The summed E-state index contributed by atoms with van der Waals surface area (Å²) in [5.74, 6) is 1.00. The second-order valence-corrected chi connectivity index (χ2v) is 11.8. The lowest BCUT2D eigenvalue weighted by molar-refractivity contribution is -0.141. The number of piperidine rings is 1. The molecule has 35 heavy (non-hydrogen) atoms. The van der Waals surface area contributed by atoms with Crippen LogP contribution in [0, 0.1) is 11.8 Å². The fourth-order valence-corrected chi connectivity index (χ4v) is 5.86. The molecule has 2 aliphatic heterocycles. The maximum Gasteiger partial charge on any atom is 0.494 e. The molecule has 3 fully saturated rings. The van der Waals surface area contributed by atoms with Crippen molar-refractivity contribution in [3.63, 3.8) is 0 Å². The van der Waals surface area contributed by atoms with E-state index in [1.165, 1.54) is 6.92 Å². The summed E-state index contributed by atoms with van der Waals surface area (Å²) in [6.45, 7) is 13.6. The molecule has 4 atom stereocenters. The van der Waals surface area contributed by atoms with Gasteiger partial charge in [0.2, 0.25) is 11.8 Å². The number of aromatic amines is 1. The lowest BCUT2D eigenvalue weighted by atomic mass is 9.79. The van der Waals surface area contributed by atoms with Crippen LogP contribution in [0.1, 0.15) is 79.6 Å². The van der Waals surface area contributed by atoms with Gasteiger partial charge in [0, 0.05) is 13.0 Å². The number of fused-ring (bicyclic) bond motifs is 3. The number of H-pyrrole nitrogens is 1. The van der Waals surface area contributed by atoms with Crippen LogP contribution in [-0.2, 0) is 18.9 Å². The van der Waals surface area contributed by atoms with Gasteiger partial charge in [-0.25, -0.2) is 4.98 Å². The normalized spacial score (nSPS) is 27.7. The van der Waals surface area contributed by atoms with E-state index >= 15 is 0 Å². The van der Waals surface area contributed by atoms with Crippen molar-refractivity contribution in [1.82, 2.24) is 20.2 Å². The van der Waals surface area contributed by atoms with Crippen molar-refractivity contribution < 1.29 is 18.9 Å². The summed E-state index contributed by atoms with van der Waals surface area (Å²) in [5.41, 5.74) is 1.90. The van der Waals surface area contributed by atoms with Crippen LogP contribution in [0.2, 0.25) is 0 Å². The molecule has 188 valence electrons. The molecule has 8 nitrogen and oxygen atoms in total. The second kappa shape index (κ2) is 8.34. The van der Waals surface area contributed by atoms with Crippen molar-refractivity contribution in [1.29, 1.82) is 0 Å². The van der Waals surface area contributed by atoms with Crippen LogP contribution >= 0.6 is 0 Å². The molecule has 4 unspecified atom stereocenters. The Morgan fingerprint density at radius 3 is 2.49 bits per heavy atom. The predicted molar refractivity (Wildman–Crippen MR) is 135 cm³/mol. The molecule has 1 aromatic carbocycles. The molecule has 9 heteroatoms. The minimum absolute atomic E-state index is 0.00400. The number of aromatic nitrogens is 2. The Kier molecular flexibility index (Phi) is 5.79. The number of nitrogens with one attached hydrogen (secondary N) is 2. The third-order valence-electron chi connectivity index (χ3n) is 8.46. The molecule has 3 aliphatic rings. The first-order chi connectivity index (χ1) is 16.4. The van der Waals surface area contributed by atoms with Crippen LogP contribution in [0.25, 0.3) is 11.0 Å². The van der Waals surface area contributed by atoms with E-state index in [0.717, 1.165) is 41.6 Å². The van der Waals surface area contributed by atoms with Gasteiger partial charge in [-0.05, 0) is 76.4 Å². The average molecular weight is 480 g/mol. The van der Waals surface area contributed by atoms with Crippen molar-refractivity contribution in [3.05, 3.63) is 24.0 Å². The Bertz CT molecular complexity index is 1140. The van der Waals surface area contributed by atoms with E-state index < -0.39 is 24.4 Å². The molecular weight excluding hydrogens is 443 g/mol. The molecule has 2 saturated heterocycles. The van der Waals surface area contributed by atoms with E-state index in [2.05, 4.69) is 10.3 Å². The molecule has 2 bridgehead atoms. The zero-order valence-electron chi connectivity index (χ0n) is 21.8. The Balaban J connectivity index is 1.45. The molecule has 2 aromatic rings. The van der Waals surface area contributed by atoms with Gasteiger partial charge in [0.25, 0.3) is 0 Å². The molecule has 1 saturated carbocycles. The van der Waals surface area contributed by atoms with Crippen molar-refractivity contribution >= 4 is 35.4 Å². The van der Waals surface area contributed by atoms with E-state index in [0.29, 0.717) is 5.92 Å². The minimum Gasteiger partial charge on any atom is -0.399 e. The highest BCUT2D eigenvalue weighted by atomic mass is 16.7. The van der Waals surface area contributed by atoms with Gasteiger partial charge in [0.05, 0.1) is 28.3 Å². The van der Waals surface area contributed by atoms with E-state index in [9.17, 15) is 9.59 Å². The fourth-order valence-electron chi connectivity index (χ4n) is 5.86. The van der Waals surface area contributed by atoms with Gasteiger partial charge in [-0.1, -0.05) is 19.9 Å². The monoisotopic (exact) mass is 480 g/mol. The van der Waals surface area contributed by atoms with Crippen LogP contribution in [-0.4, -0.2) is 57.1 Å². The van der Waals surface area contributed by atoms with Gasteiger partial charge >= 0.3 is 7.12 Å². The van der Waals surface area contributed by atoms with Crippen LogP contribution < -0.4 is 10.8 Å². The Morgan fingerprint density at radius 1 is 1.17 bits per heavy atom. The highest BCUT2D eigenvalue weighted by Gasteiger charge is 2.53. The topological polar surface area (TPSA) is 96.6 Å². The summed E-state index contributed by atoms with van der Waals surface area (Å²) in [6, 6.07) is 5.59. The van der Waals surface area contributed by atoms with Gasteiger partial charge in [-0.3, -0.25) is 9.59 Å². The zero-order chi connectivity index (χ0) is 25.3. The highest BCUT2D eigenvalue weighted by Crippen LogP contribution is 2.50. The van der Waals surface area contributed by atoms with Crippen LogP contribution in [0.4, 0.5) is 0 Å². The Hall–Kier alpha value is -2.39. The van der Waals surface area contributed by atoms with Crippen molar-refractivity contribution in [2.45, 2.75) is 97.1 Å². The van der Waals surface area contributed by atoms with Crippen LogP contribution in [0.3, 0.4) is 0 Å². The first kappa shape index (κ1) is 24.3. The first-order valence-corrected chi connectivity index (χ1v) is 12.8. The van der Waals surface area contributed by atoms with Crippen molar-refractivity contribution in [2.75, 3.05) is 0 Å². The Labute approximate surface area is 207 Å². The highest BCUT2D eigenvalue weighted by molar-refractivity contribution is 6.62. The quantitative estimate of drug-likeness (QED) is 0.642. The number of imidazole rings is 1. The average Bonchev–Trinajstić information content (AvgIpc) is 3.51. The van der Waals surface area contributed by atoms with Crippen molar-refractivity contribution in [2.24, 2.45) is 11.8 Å². The van der Waals surface area contributed by atoms with E-state index in [1.54, 1.807) is 0 Å². The summed E-state index contributed by atoms with van der Waals surface area (Å²) in [5, 5.41) is 2.88. The molecular formula is C26H37BN4O4. The standard InChI is InChI=1S/C26H37BN4O4/c1-14(2)21(28-15(3)32)24(33)31-18-10-8-16(12-18)22(31)23-29-19-11-9-17(13-20(19)30-23)27-34-25(4,5)26(6,7)35-27/h9,11,13-14,16,18,21-22H,8,10,12H2,1-7H3,(H,28,32)(H,29,30). The van der Waals surface area contributed by atoms with E-state index in [4.69, 9.17) is 14.3 Å². The van der Waals surface area contributed by atoms with Gasteiger partial charge in [-0.15, -0.1) is 0 Å². The van der Waals surface area contributed by atoms with E-state index in [1.807, 2.05) is 64.6 Å². The van der Waals surface area contributed by atoms with Crippen LogP contribution in [0.15, 0.2) is 18.2 Å². The number of nitrogens with zero attached hydrogens (tertiary/aromatic N) is 2. The summed E-state index contributed by atoms with van der Waals surface area (Å²) < 4.78 is 12.5. The molecule has 5 rings (SSSR count). The third-order valence-corrected chi connectivity index (χ3v) is 8.46. The lowest BCUT2D eigenvalue weighted by Gasteiger charge is -2.37. The van der Waals surface area contributed by atoms with Gasteiger partial charge in [0.15, 0.2) is 0 Å². The number of amides is 2. The molecule has 1 aromatic heterocycles. The van der Waals surface area contributed by atoms with E-state index in [-0.39, 0.29) is 29.8 Å². The Morgan fingerprint density at radius 2 is 1.86 bits per heavy atom. The number of benzene rings is 1. The molecule has 3 heterocycles. The molecule has 0 radical (unpaired) electrons. The summed E-state index contributed by atoms with van der Waals surface area (Å²) in [7, 11) is -0.443. The molecule has 2 amide bonds. The first-order valence-electron chi connectivity index (χ1n) is 12.8. The van der Waals surface area contributed by atoms with Gasteiger partial charge in [0.1, 0.15) is 11.9 Å². The molecule has 2 N–H and O–H groups in total. The van der Waals surface area contributed by atoms with Gasteiger partial charge < -0.3 is 24.5 Å². The maximum atomic E-state index is 13.7. The zero-order valence-corrected chi connectivity index (χ0v) is 21.8. The van der Waals surface area contributed by atoms with Crippen molar-refractivity contribution in [3.8, 4) is 0 Å². The number of carbonyl (C=O) groups is 2. The molecule has 1 aliphatic carbocycles.